The Bertz CT molecular complexity index is 996. The van der Waals surface area contributed by atoms with Crippen molar-refractivity contribution in [3.63, 3.8) is 0 Å². The maximum Gasteiger partial charge on any atom is 0.322 e. The highest BCUT2D eigenvalue weighted by atomic mass is 79.9. The van der Waals surface area contributed by atoms with E-state index in [2.05, 4.69) is 70.5 Å². The van der Waals surface area contributed by atoms with Gasteiger partial charge < -0.3 is 4.74 Å². The molecule has 3 heteroatoms. The van der Waals surface area contributed by atoms with Gasteiger partial charge in [-0.1, -0.05) is 58.4 Å². The maximum atomic E-state index is 12.0. The van der Waals surface area contributed by atoms with Crippen molar-refractivity contribution in [3.05, 3.63) is 60.2 Å². The molecule has 0 fully saturated rings. The lowest BCUT2D eigenvalue weighted by Gasteiger charge is -2.16. The second-order valence-electron chi connectivity index (χ2n) is 6.68. The minimum absolute atomic E-state index is 0.257. The topological polar surface area (TPSA) is 26.3 Å². The fourth-order valence-corrected chi connectivity index (χ4v) is 3.34. The highest BCUT2D eigenvalue weighted by Crippen LogP contribution is 2.35. The molecule has 0 spiro atoms. The Morgan fingerprint density at radius 3 is 1.96 bits per heavy atom. The van der Waals surface area contributed by atoms with Crippen LogP contribution in [0.2, 0.25) is 0 Å². The van der Waals surface area contributed by atoms with E-state index >= 15 is 0 Å². The lowest BCUT2D eigenvalue weighted by atomic mass is 9.93. The quantitative estimate of drug-likeness (QED) is 0.255. The molecule has 0 bridgehead atoms. The van der Waals surface area contributed by atoms with Gasteiger partial charge in [0.25, 0.3) is 0 Å². The van der Waals surface area contributed by atoms with E-state index < -0.39 is 4.32 Å². The average molecular weight is 381 g/mol. The number of carbonyl (C=O) groups excluding carboxylic acids is 1. The number of halogens is 1. The SMILES string of the molecule is CC(C)(Br)C(=O)OCc1cc2ccc3cccc4ccc(c1)c2c34. The Morgan fingerprint density at radius 1 is 0.917 bits per heavy atom. The first-order valence-corrected chi connectivity index (χ1v) is 8.75. The van der Waals surface area contributed by atoms with Crippen LogP contribution in [-0.2, 0) is 16.1 Å². The molecule has 0 radical (unpaired) electrons. The summed E-state index contributed by atoms with van der Waals surface area (Å²) in [7, 11) is 0. The Labute approximate surface area is 148 Å². The van der Waals surface area contributed by atoms with Crippen molar-refractivity contribution >= 4 is 54.2 Å². The zero-order chi connectivity index (χ0) is 16.9. The summed E-state index contributed by atoms with van der Waals surface area (Å²) >= 11 is 3.33. The Morgan fingerprint density at radius 2 is 1.42 bits per heavy atom. The summed E-state index contributed by atoms with van der Waals surface area (Å²) in [5.41, 5.74) is 1.01. The van der Waals surface area contributed by atoms with E-state index in [1.165, 1.54) is 32.3 Å². The zero-order valence-corrected chi connectivity index (χ0v) is 15.2. The number of hydrogen-bond acceptors (Lipinski definition) is 2. The van der Waals surface area contributed by atoms with Gasteiger partial charge in [-0.2, -0.15) is 0 Å². The van der Waals surface area contributed by atoms with Crippen LogP contribution in [0.5, 0.6) is 0 Å². The van der Waals surface area contributed by atoms with Crippen LogP contribution >= 0.6 is 15.9 Å². The standard InChI is InChI=1S/C21H17BrO2/c1-21(2,22)20(23)24-12-13-10-16-8-6-14-4-3-5-15-7-9-17(11-13)19(16)18(14)15/h3-11H,12H2,1-2H3. The molecule has 120 valence electrons. The van der Waals surface area contributed by atoms with Gasteiger partial charge in [-0.3, -0.25) is 4.79 Å². The van der Waals surface area contributed by atoms with Crippen molar-refractivity contribution in [2.45, 2.75) is 24.8 Å². The van der Waals surface area contributed by atoms with E-state index in [0.29, 0.717) is 0 Å². The van der Waals surface area contributed by atoms with E-state index in [1.807, 2.05) is 0 Å². The van der Waals surface area contributed by atoms with E-state index in [0.717, 1.165) is 5.56 Å². The van der Waals surface area contributed by atoms with E-state index in [4.69, 9.17) is 4.74 Å². The average Bonchev–Trinajstić information content (AvgIpc) is 2.56. The third-order valence-electron chi connectivity index (χ3n) is 4.38. The number of ether oxygens (including phenoxy) is 1. The normalized spacial score (nSPS) is 12.3. The highest BCUT2D eigenvalue weighted by molar-refractivity contribution is 9.10. The van der Waals surface area contributed by atoms with Crippen LogP contribution in [0.25, 0.3) is 32.3 Å². The maximum absolute atomic E-state index is 12.0. The molecule has 0 amide bonds. The number of rotatable bonds is 3. The van der Waals surface area contributed by atoms with Gasteiger partial charge in [0, 0.05) is 0 Å². The lowest BCUT2D eigenvalue weighted by molar-refractivity contribution is -0.146. The molecule has 24 heavy (non-hydrogen) atoms. The van der Waals surface area contributed by atoms with Crippen LogP contribution in [0.4, 0.5) is 0 Å². The molecule has 2 nitrogen and oxygen atoms in total. The summed E-state index contributed by atoms with van der Waals surface area (Å²) in [4.78, 5) is 12.0. The fourth-order valence-electron chi connectivity index (χ4n) is 3.22. The first kappa shape index (κ1) is 15.4. The Hall–Kier alpha value is -2.13. The molecule has 0 aliphatic rings. The van der Waals surface area contributed by atoms with E-state index in [1.54, 1.807) is 13.8 Å². The van der Waals surface area contributed by atoms with Gasteiger partial charge in [0.15, 0.2) is 0 Å². The van der Waals surface area contributed by atoms with Gasteiger partial charge in [-0.25, -0.2) is 0 Å². The highest BCUT2D eigenvalue weighted by Gasteiger charge is 2.25. The van der Waals surface area contributed by atoms with Gasteiger partial charge in [-0.15, -0.1) is 0 Å². The number of esters is 1. The molecule has 0 heterocycles. The summed E-state index contributed by atoms with van der Waals surface area (Å²) in [6, 6.07) is 19.2. The minimum Gasteiger partial charge on any atom is -0.460 e. The molecular weight excluding hydrogens is 364 g/mol. The molecule has 0 saturated carbocycles. The summed E-state index contributed by atoms with van der Waals surface area (Å²) in [6.07, 6.45) is 0. The second-order valence-corrected chi connectivity index (χ2v) is 8.66. The molecule has 0 aliphatic heterocycles. The van der Waals surface area contributed by atoms with E-state index in [9.17, 15) is 4.79 Å². The fraction of sp³-hybridized carbons (Fsp3) is 0.190. The zero-order valence-electron chi connectivity index (χ0n) is 13.6. The molecule has 0 atom stereocenters. The first-order chi connectivity index (χ1) is 11.4. The monoisotopic (exact) mass is 380 g/mol. The predicted molar refractivity (Wildman–Crippen MR) is 103 cm³/mol. The van der Waals surface area contributed by atoms with Crippen LogP contribution in [-0.4, -0.2) is 10.3 Å². The second kappa shape index (κ2) is 5.45. The van der Waals surface area contributed by atoms with Crippen LogP contribution in [0.15, 0.2) is 54.6 Å². The van der Waals surface area contributed by atoms with Gasteiger partial charge in [0.2, 0.25) is 0 Å². The summed E-state index contributed by atoms with van der Waals surface area (Å²) in [5.74, 6) is -0.257. The first-order valence-electron chi connectivity index (χ1n) is 7.96. The van der Waals surface area contributed by atoms with Crippen molar-refractivity contribution in [3.8, 4) is 0 Å². The van der Waals surface area contributed by atoms with Crippen molar-refractivity contribution in [2.24, 2.45) is 0 Å². The summed E-state index contributed by atoms with van der Waals surface area (Å²) in [5, 5.41) is 7.46. The molecule has 0 saturated heterocycles. The van der Waals surface area contributed by atoms with Crippen LogP contribution in [0, 0.1) is 0 Å². The molecule has 0 unspecified atom stereocenters. The van der Waals surface area contributed by atoms with Crippen molar-refractivity contribution in [1.29, 1.82) is 0 Å². The van der Waals surface area contributed by atoms with Gasteiger partial charge in [0.1, 0.15) is 10.9 Å². The Balaban J connectivity index is 1.81. The van der Waals surface area contributed by atoms with Gasteiger partial charge in [-0.05, 0) is 63.9 Å². The third kappa shape index (κ3) is 2.53. The molecule has 0 aliphatic carbocycles. The van der Waals surface area contributed by atoms with Gasteiger partial charge in [0.05, 0.1) is 0 Å². The molecule has 4 aromatic carbocycles. The smallest absolute Gasteiger partial charge is 0.322 e. The minimum atomic E-state index is -0.664. The van der Waals surface area contributed by atoms with Crippen LogP contribution in [0.3, 0.4) is 0 Å². The lowest BCUT2D eigenvalue weighted by Crippen LogP contribution is -2.26. The number of carbonyl (C=O) groups is 1. The van der Waals surface area contributed by atoms with Crippen molar-refractivity contribution in [1.82, 2.24) is 0 Å². The van der Waals surface area contributed by atoms with Crippen molar-refractivity contribution in [2.75, 3.05) is 0 Å². The van der Waals surface area contributed by atoms with E-state index in [-0.39, 0.29) is 12.6 Å². The number of hydrogen-bond donors (Lipinski definition) is 0. The molecular formula is C21H17BrO2. The summed E-state index contributed by atoms with van der Waals surface area (Å²) < 4.78 is 4.77. The molecule has 0 aromatic heterocycles. The number of alkyl halides is 1. The molecule has 4 aromatic rings. The number of benzene rings is 4. The largest absolute Gasteiger partial charge is 0.460 e. The molecule has 0 N–H and O–H groups in total. The predicted octanol–water partition coefficient (Wildman–Crippen LogP) is 5.80. The van der Waals surface area contributed by atoms with Crippen LogP contribution in [0.1, 0.15) is 19.4 Å². The van der Waals surface area contributed by atoms with Crippen molar-refractivity contribution < 1.29 is 9.53 Å². The third-order valence-corrected chi connectivity index (χ3v) is 4.70. The van der Waals surface area contributed by atoms with Gasteiger partial charge >= 0.3 is 5.97 Å². The molecule has 4 rings (SSSR count). The van der Waals surface area contributed by atoms with Crippen LogP contribution < -0.4 is 0 Å². The Kier molecular flexibility index (Phi) is 3.50. The summed E-state index contributed by atoms with van der Waals surface area (Å²) in [6.45, 7) is 3.86.